The lowest BCUT2D eigenvalue weighted by atomic mass is 10.1. The maximum Gasteiger partial charge on any atom is 0.254 e. The topological polar surface area (TPSA) is 59.1 Å². The van der Waals surface area contributed by atoms with Crippen LogP contribution in [0, 0.1) is 0 Å². The summed E-state index contributed by atoms with van der Waals surface area (Å²) in [5.41, 5.74) is 1.53. The quantitative estimate of drug-likeness (QED) is 0.685. The fourth-order valence-corrected chi connectivity index (χ4v) is 3.90. The van der Waals surface area contributed by atoms with E-state index in [1.165, 1.54) is 0 Å². The first kappa shape index (κ1) is 21.2. The van der Waals surface area contributed by atoms with Crippen LogP contribution in [0.2, 0.25) is 0 Å². The Kier molecular flexibility index (Phi) is 7.14. The molecule has 0 aromatic heterocycles. The highest BCUT2D eigenvalue weighted by Crippen LogP contribution is 2.28. The van der Waals surface area contributed by atoms with Crippen molar-refractivity contribution < 1.29 is 19.1 Å². The molecule has 0 radical (unpaired) electrons. The summed E-state index contributed by atoms with van der Waals surface area (Å²) in [4.78, 5) is 29.3. The number of rotatable bonds is 5. The van der Waals surface area contributed by atoms with Crippen molar-refractivity contribution in [1.29, 1.82) is 0 Å². The molecule has 0 unspecified atom stereocenters. The number of carbonyl (C=O) groups is 2. The number of hydrogen-bond donors (Lipinski definition) is 0. The zero-order chi connectivity index (χ0) is 20.8. The Bertz CT molecular complexity index is 887. The van der Waals surface area contributed by atoms with Crippen LogP contribution in [-0.2, 0) is 11.2 Å². The smallest absolute Gasteiger partial charge is 0.254 e. The van der Waals surface area contributed by atoms with Crippen LogP contribution in [-0.4, -0.2) is 62.0 Å². The standard InChI is InChI=1S/C22H25BrN2O4/c1-28-19-8-7-17(15-20(19)29-2)22(27)25-10-4-9-24(11-12-25)21(26)14-16-5-3-6-18(23)13-16/h3,5-8,13,15H,4,9-12,14H2,1-2H3. The third-order valence-corrected chi connectivity index (χ3v) is 5.50. The largest absolute Gasteiger partial charge is 0.493 e. The zero-order valence-corrected chi connectivity index (χ0v) is 18.3. The van der Waals surface area contributed by atoms with Crippen LogP contribution in [0.15, 0.2) is 46.9 Å². The van der Waals surface area contributed by atoms with Gasteiger partial charge in [0.1, 0.15) is 0 Å². The van der Waals surface area contributed by atoms with Gasteiger partial charge in [0.2, 0.25) is 5.91 Å². The molecule has 0 spiro atoms. The van der Waals surface area contributed by atoms with Gasteiger partial charge < -0.3 is 19.3 Å². The maximum absolute atomic E-state index is 12.9. The lowest BCUT2D eigenvalue weighted by Gasteiger charge is -2.22. The van der Waals surface area contributed by atoms with Gasteiger partial charge >= 0.3 is 0 Å². The number of nitrogens with zero attached hydrogens (tertiary/aromatic N) is 2. The minimum atomic E-state index is -0.0627. The van der Waals surface area contributed by atoms with Crippen molar-refractivity contribution in [3.8, 4) is 11.5 Å². The zero-order valence-electron chi connectivity index (χ0n) is 16.7. The van der Waals surface area contributed by atoms with E-state index in [1.54, 1.807) is 37.3 Å². The van der Waals surface area contributed by atoms with E-state index < -0.39 is 0 Å². The van der Waals surface area contributed by atoms with Gasteiger partial charge in [-0.15, -0.1) is 0 Å². The van der Waals surface area contributed by atoms with Gasteiger partial charge in [0.15, 0.2) is 11.5 Å². The molecule has 1 aliphatic rings. The Morgan fingerprint density at radius 2 is 1.66 bits per heavy atom. The fourth-order valence-electron chi connectivity index (χ4n) is 3.46. The molecule has 0 atom stereocenters. The molecule has 29 heavy (non-hydrogen) atoms. The van der Waals surface area contributed by atoms with E-state index in [-0.39, 0.29) is 11.8 Å². The van der Waals surface area contributed by atoms with Crippen LogP contribution in [0.4, 0.5) is 0 Å². The second-order valence-corrected chi connectivity index (χ2v) is 7.82. The van der Waals surface area contributed by atoms with Crippen molar-refractivity contribution >= 4 is 27.7 Å². The Hall–Kier alpha value is -2.54. The Morgan fingerprint density at radius 1 is 0.931 bits per heavy atom. The molecular formula is C22H25BrN2O4. The van der Waals surface area contributed by atoms with E-state index >= 15 is 0 Å². The van der Waals surface area contributed by atoms with E-state index in [1.807, 2.05) is 29.2 Å². The monoisotopic (exact) mass is 460 g/mol. The summed E-state index contributed by atoms with van der Waals surface area (Å²) in [6.07, 6.45) is 1.12. The van der Waals surface area contributed by atoms with E-state index in [9.17, 15) is 9.59 Å². The predicted molar refractivity (Wildman–Crippen MR) is 114 cm³/mol. The molecule has 7 heteroatoms. The highest BCUT2D eigenvalue weighted by Gasteiger charge is 2.23. The number of ether oxygens (including phenoxy) is 2. The van der Waals surface area contributed by atoms with Crippen molar-refractivity contribution in [3.05, 3.63) is 58.1 Å². The number of carbonyl (C=O) groups excluding carboxylic acids is 2. The van der Waals surface area contributed by atoms with Crippen molar-refractivity contribution in [2.75, 3.05) is 40.4 Å². The highest BCUT2D eigenvalue weighted by atomic mass is 79.9. The Morgan fingerprint density at radius 3 is 2.38 bits per heavy atom. The highest BCUT2D eigenvalue weighted by molar-refractivity contribution is 9.10. The van der Waals surface area contributed by atoms with Crippen LogP contribution in [0.25, 0.3) is 0 Å². The van der Waals surface area contributed by atoms with Gasteiger partial charge in [-0.05, 0) is 42.3 Å². The minimum absolute atomic E-state index is 0.0627. The van der Waals surface area contributed by atoms with Gasteiger partial charge in [0.25, 0.3) is 5.91 Å². The molecule has 2 aromatic carbocycles. The number of halogens is 1. The summed E-state index contributed by atoms with van der Waals surface area (Å²) in [6.45, 7) is 2.32. The first-order valence-electron chi connectivity index (χ1n) is 9.55. The molecule has 1 aliphatic heterocycles. The molecule has 0 N–H and O–H groups in total. The summed E-state index contributed by atoms with van der Waals surface area (Å²) in [6, 6.07) is 13.0. The van der Waals surface area contributed by atoms with E-state index in [0.717, 1.165) is 16.5 Å². The van der Waals surface area contributed by atoms with Crippen molar-refractivity contribution in [2.45, 2.75) is 12.8 Å². The number of methoxy groups -OCH3 is 2. The first-order chi connectivity index (χ1) is 14.0. The normalized spacial score (nSPS) is 14.3. The van der Waals surface area contributed by atoms with Crippen molar-refractivity contribution in [2.24, 2.45) is 0 Å². The predicted octanol–water partition coefficient (Wildman–Crippen LogP) is 3.38. The van der Waals surface area contributed by atoms with Crippen molar-refractivity contribution in [1.82, 2.24) is 9.80 Å². The van der Waals surface area contributed by atoms with Gasteiger partial charge in [-0.1, -0.05) is 28.1 Å². The molecule has 2 amide bonds. The molecular weight excluding hydrogens is 436 g/mol. The summed E-state index contributed by atoms with van der Waals surface area (Å²) in [5, 5.41) is 0. The lowest BCUT2D eigenvalue weighted by Crippen LogP contribution is -2.38. The summed E-state index contributed by atoms with van der Waals surface area (Å²) < 4.78 is 11.5. The lowest BCUT2D eigenvalue weighted by molar-refractivity contribution is -0.130. The molecule has 0 saturated carbocycles. The van der Waals surface area contributed by atoms with Gasteiger partial charge in [-0.2, -0.15) is 0 Å². The summed E-state index contributed by atoms with van der Waals surface area (Å²) in [5.74, 6) is 1.14. The van der Waals surface area contributed by atoms with Gasteiger partial charge in [-0.25, -0.2) is 0 Å². The average Bonchev–Trinajstić information content (AvgIpc) is 2.99. The molecule has 3 rings (SSSR count). The van der Waals surface area contributed by atoms with Crippen LogP contribution < -0.4 is 9.47 Å². The second-order valence-electron chi connectivity index (χ2n) is 6.90. The second kappa shape index (κ2) is 9.78. The average molecular weight is 461 g/mol. The van der Waals surface area contributed by atoms with E-state index in [2.05, 4.69) is 15.9 Å². The Balaban J connectivity index is 1.63. The van der Waals surface area contributed by atoms with Crippen LogP contribution in [0.3, 0.4) is 0 Å². The summed E-state index contributed by atoms with van der Waals surface area (Å²) >= 11 is 3.44. The summed E-state index contributed by atoms with van der Waals surface area (Å²) in [7, 11) is 3.11. The molecule has 1 saturated heterocycles. The van der Waals surface area contributed by atoms with E-state index in [4.69, 9.17) is 9.47 Å². The third kappa shape index (κ3) is 5.29. The maximum atomic E-state index is 12.9. The van der Waals surface area contributed by atoms with Crippen molar-refractivity contribution in [3.63, 3.8) is 0 Å². The number of hydrogen-bond acceptors (Lipinski definition) is 4. The number of amides is 2. The SMILES string of the molecule is COc1ccc(C(=O)N2CCCN(C(=O)Cc3cccc(Br)c3)CC2)cc1OC. The van der Waals surface area contributed by atoms with Gasteiger partial charge in [0.05, 0.1) is 20.6 Å². The number of benzene rings is 2. The van der Waals surface area contributed by atoms with Crippen LogP contribution >= 0.6 is 15.9 Å². The van der Waals surface area contributed by atoms with Gasteiger partial charge in [0, 0.05) is 36.2 Å². The molecule has 1 heterocycles. The van der Waals surface area contributed by atoms with Crippen LogP contribution in [0.1, 0.15) is 22.3 Å². The fraction of sp³-hybridized carbons (Fsp3) is 0.364. The molecule has 6 nitrogen and oxygen atoms in total. The van der Waals surface area contributed by atoms with E-state index in [0.29, 0.717) is 49.7 Å². The molecule has 0 bridgehead atoms. The molecule has 0 aliphatic carbocycles. The minimum Gasteiger partial charge on any atom is -0.493 e. The molecule has 2 aromatic rings. The first-order valence-corrected chi connectivity index (χ1v) is 10.3. The Labute approximate surface area is 179 Å². The molecule has 1 fully saturated rings. The van der Waals surface area contributed by atoms with Gasteiger partial charge in [-0.3, -0.25) is 9.59 Å². The van der Waals surface area contributed by atoms with Crippen LogP contribution in [0.5, 0.6) is 11.5 Å². The third-order valence-electron chi connectivity index (χ3n) is 5.01. The molecule has 154 valence electrons.